The van der Waals surface area contributed by atoms with Crippen molar-refractivity contribution in [1.82, 2.24) is 4.90 Å². The summed E-state index contributed by atoms with van der Waals surface area (Å²) in [7, 11) is 1.80. The van der Waals surface area contributed by atoms with Gasteiger partial charge < -0.3 is 4.90 Å². The minimum Gasteiger partial charge on any atom is -0.340 e. The van der Waals surface area contributed by atoms with Crippen molar-refractivity contribution in [3.05, 3.63) is 6.54 Å². The Balaban J connectivity index is 2.51. The quantitative estimate of drug-likeness (QED) is 0.450. The topological polar surface area (TPSA) is 20.3 Å². The van der Waals surface area contributed by atoms with Gasteiger partial charge in [0.2, 0.25) is 5.91 Å². The second kappa shape index (κ2) is 1.77. The molecule has 0 N–H and O–H groups in total. The number of likely N-dealkylation sites (tertiary alicyclic amines) is 1. The Bertz CT molecular complexity index is 111. The van der Waals surface area contributed by atoms with Crippen molar-refractivity contribution >= 4 is 5.91 Å². The molecule has 1 heterocycles. The van der Waals surface area contributed by atoms with Crippen molar-refractivity contribution in [1.29, 1.82) is 0 Å². The molecule has 1 aliphatic heterocycles. The Morgan fingerprint density at radius 2 is 2.50 bits per heavy atom. The summed E-state index contributed by atoms with van der Waals surface area (Å²) in [4.78, 5) is 12.3. The molecule has 0 spiro atoms. The average molecular weight is 112 g/mol. The van der Waals surface area contributed by atoms with Crippen LogP contribution in [0.3, 0.4) is 0 Å². The monoisotopic (exact) mass is 112 g/mol. The van der Waals surface area contributed by atoms with E-state index in [-0.39, 0.29) is 5.91 Å². The highest BCUT2D eigenvalue weighted by Crippen LogP contribution is 2.18. The van der Waals surface area contributed by atoms with Crippen LogP contribution in [0.4, 0.5) is 0 Å². The van der Waals surface area contributed by atoms with Crippen LogP contribution in [0.15, 0.2) is 0 Å². The molecule has 1 aliphatic rings. The number of rotatable bonds is 0. The molecule has 1 rings (SSSR count). The standard InChI is InChI=1S/C6H10NO/c1-5-3-6(8)7(2)4-5/h4-5H,3H2,1-2H3. The molecule has 2 nitrogen and oxygen atoms in total. The predicted octanol–water partition coefficient (Wildman–Crippen LogP) is 0.646. The molecular formula is C6H10NO. The van der Waals surface area contributed by atoms with Crippen LogP contribution in [0, 0.1) is 12.5 Å². The third-order valence-corrected chi connectivity index (χ3v) is 1.37. The highest BCUT2D eigenvalue weighted by molar-refractivity contribution is 5.79. The largest absolute Gasteiger partial charge is 0.340 e. The van der Waals surface area contributed by atoms with E-state index >= 15 is 0 Å². The van der Waals surface area contributed by atoms with E-state index in [2.05, 4.69) is 0 Å². The van der Waals surface area contributed by atoms with Gasteiger partial charge in [0.05, 0.1) is 6.54 Å². The molecule has 1 radical (unpaired) electrons. The van der Waals surface area contributed by atoms with Crippen LogP contribution in [0.25, 0.3) is 0 Å². The van der Waals surface area contributed by atoms with E-state index in [9.17, 15) is 4.79 Å². The second-order valence-corrected chi connectivity index (χ2v) is 2.34. The zero-order chi connectivity index (χ0) is 6.15. The van der Waals surface area contributed by atoms with Crippen LogP contribution < -0.4 is 0 Å². The molecule has 0 aromatic heterocycles. The Hall–Kier alpha value is -0.530. The normalized spacial score (nSPS) is 29.5. The summed E-state index contributed by atoms with van der Waals surface area (Å²) in [6, 6.07) is 0. The molecule has 1 saturated heterocycles. The maximum Gasteiger partial charge on any atom is 0.222 e. The maximum absolute atomic E-state index is 10.7. The number of hydrogen-bond donors (Lipinski definition) is 0. The lowest BCUT2D eigenvalue weighted by Crippen LogP contribution is -2.14. The third kappa shape index (κ3) is 0.831. The number of amides is 1. The Labute approximate surface area is 49.5 Å². The molecule has 45 valence electrons. The van der Waals surface area contributed by atoms with Gasteiger partial charge in [-0.15, -0.1) is 0 Å². The van der Waals surface area contributed by atoms with Gasteiger partial charge in [-0.05, 0) is 5.92 Å². The summed E-state index contributed by atoms with van der Waals surface area (Å²) in [6.07, 6.45) is 0.691. The van der Waals surface area contributed by atoms with Gasteiger partial charge in [0, 0.05) is 13.5 Å². The molecule has 0 aliphatic carbocycles. The lowest BCUT2D eigenvalue weighted by molar-refractivity contribution is -0.125. The van der Waals surface area contributed by atoms with Gasteiger partial charge in [0.15, 0.2) is 0 Å². The summed E-state index contributed by atoms with van der Waals surface area (Å²) in [6.45, 7) is 3.99. The molecule has 0 saturated carbocycles. The molecule has 1 fully saturated rings. The molecule has 0 bridgehead atoms. The minimum absolute atomic E-state index is 0.234. The molecule has 0 aromatic rings. The Morgan fingerprint density at radius 1 is 1.88 bits per heavy atom. The van der Waals surface area contributed by atoms with Gasteiger partial charge in [-0.3, -0.25) is 4.79 Å². The number of hydrogen-bond acceptors (Lipinski definition) is 1. The van der Waals surface area contributed by atoms with Crippen LogP contribution in [-0.4, -0.2) is 17.9 Å². The van der Waals surface area contributed by atoms with Crippen LogP contribution in [-0.2, 0) is 4.79 Å². The van der Waals surface area contributed by atoms with Gasteiger partial charge in [0.1, 0.15) is 0 Å². The van der Waals surface area contributed by atoms with E-state index in [1.54, 1.807) is 11.9 Å². The molecule has 1 atom stereocenters. The van der Waals surface area contributed by atoms with E-state index in [0.717, 1.165) is 0 Å². The maximum atomic E-state index is 10.7. The van der Waals surface area contributed by atoms with Gasteiger partial charge in [0.25, 0.3) is 0 Å². The predicted molar refractivity (Wildman–Crippen MR) is 30.9 cm³/mol. The number of carbonyl (C=O) groups excluding carboxylic acids is 1. The van der Waals surface area contributed by atoms with Crippen LogP contribution in [0.5, 0.6) is 0 Å². The summed E-state index contributed by atoms with van der Waals surface area (Å²) < 4.78 is 0. The van der Waals surface area contributed by atoms with Gasteiger partial charge >= 0.3 is 0 Å². The van der Waals surface area contributed by atoms with E-state index in [0.29, 0.717) is 12.3 Å². The lowest BCUT2D eigenvalue weighted by Gasteiger charge is -2.04. The highest BCUT2D eigenvalue weighted by Gasteiger charge is 2.22. The molecular weight excluding hydrogens is 102 g/mol. The molecule has 2 heteroatoms. The number of carbonyl (C=O) groups is 1. The van der Waals surface area contributed by atoms with E-state index in [1.807, 2.05) is 13.5 Å². The minimum atomic E-state index is 0.234. The second-order valence-electron chi connectivity index (χ2n) is 2.34. The first-order chi connectivity index (χ1) is 3.70. The van der Waals surface area contributed by atoms with Crippen molar-refractivity contribution in [3.63, 3.8) is 0 Å². The highest BCUT2D eigenvalue weighted by atomic mass is 16.2. The zero-order valence-electron chi connectivity index (χ0n) is 5.22. The van der Waals surface area contributed by atoms with Gasteiger partial charge in [-0.2, -0.15) is 0 Å². The third-order valence-electron chi connectivity index (χ3n) is 1.37. The van der Waals surface area contributed by atoms with Gasteiger partial charge in [-0.1, -0.05) is 6.92 Å². The SMILES string of the molecule is CC1[CH]N(C)C(=O)C1. The summed E-state index contributed by atoms with van der Waals surface area (Å²) in [5.74, 6) is 0.685. The molecule has 8 heavy (non-hydrogen) atoms. The van der Waals surface area contributed by atoms with Crippen LogP contribution in [0.2, 0.25) is 0 Å². The van der Waals surface area contributed by atoms with Crippen LogP contribution >= 0.6 is 0 Å². The molecule has 0 aromatic carbocycles. The van der Waals surface area contributed by atoms with E-state index < -0.39 is 0 Å². The van der Waals surface area contributed by atoms with Crippen molar-refractivity contribution in [3.8, 4) is 0 Å². The smallest absolute Gasteiger partial charge is 0.222 e. The first-order valence-corrected chi connectivity index (χ1v) is 2.81. The van der Waals surface area contributed by atoms with E-state index in [4.69, 9.17) is 0 Å². The zero-order valence-corrected chi connectivity index (χ0v) is 5.22. The van der Waals surface area contributed by atoms with E-state index in [1.165, 1.54) is 0 Å². The Morgan fingerprint density at radius 3 is 2.62 bits per heavy atom. The van der Waals surface area contributed by atoms with Crippen molar-refractivity contribution in [2.24, 2.45) is 5.92 Å². The van der Waals surface area contributed by atoms with Crippen LogP contribution in [0.1, 0.15) is 13.3 Å². The average Bonchev–Trinajstić information content (AvgIpc) is 1.85. The summed E-state index contributed by atoms with van der Waals surface area (Å²) in [5.41, 5.74) is 0. The van der Waals surface area contributed by atoms with Gasteiger partial charge in [-0.25, -0.2) is 0 Å². The summed E-state index contributed by atoms with van der Waals surface area (Å²) in [5, 5.41) is 0. The first kappa shape index (κ1) is 5.60. The first-order valence-electron chi connectivity index (χ1n) is 2.81. The summed E-state index contributed by atoms with van der Waals surface area (Å²) >= 11 is 0. The molecule has 1 amide bonds. The fourth-order valence-electron chi connectivity index (χ4n) is 0.937. The fraction of sp³-hybridized carbons (Fsp3) is 0.667. The van der Waals surface area contributed by atoms with Crippen molar-refractivity contribution in [2.45, 2.75) is 13.3 Å². The molecule has 1 unspecified atom stereocenters. The van der Waals surface area contributed by atoms with Crippen molar-refractivity contribution in [2.75, 3.05) is 7.05 Å². The Kier molecular flexibility index (Phi) is 1.24. The fourth-order valence-corrected chi connectivity index (χ4v) is 0.937. The van der Waals surface area contributed by atoms with Crippen molar-refractivity contribution < 1.29 is 4.79 Å². The number of nitrogens with zero attached hydrogens (tertiary/aromatic N) is 1. The lowest BCUT2D eigenvalue weighted by atomic mass is 10.2.